The van der Waals surface area contributed by atoms with Crippen LogP contribution in [-0.2, 0) is 9.47 Å². The third kappa shape index (κ3) is 5.07. The molecule has 2 heterocycles. The molecule has 2 aliphatic heterocycles. The van der Waals surface area contributed by atoms with Gasteiger partial charge in [0.15, 0.2) is 11.7 Å². The lowest BCUT2D eigenvalue weighted by Gasteiger charge is -2.36. The van der Waals surface area contributed by atoms with Gasteiger partial charge in [0.1, 0.15) is 11.9 Å². The van der Waals surface area contributed by atoms with Gasteiger partial charge >= 0.3 is 0 Å². The Hall–Kier alpha value is -1.13. The van der Waals surface area contributed by atoms with Crippen LogP contribution in [0, 0.1) is 5.82 Å². The van der Waals surface area contributed by atoms with Gasteiger partial charge in [0.05, 0.1) is 13.2 Å². The summed E-state index contributed by atoms with van der Waals surface area (Å²) in [5.41, 5.74) is 7.25. The summed E-state index contributed by atoms with van der Waals surface area (Å²) in [7, 11) is 0. The average molecular weight is 504 g/mol. The summed E-state index contributed by atoms with van der Waals surface area (Å²) in [6, 6.07) is 6.64. The van der Waals surface area contributed by atoms with E-state index < -0.39 is 0 Å². The SMILES string of the molecule is I.NC(=NCC1COC2(CCCCC2)O1)N1CCN(c2ccc(F)cc2)CC1. The highest BCUT2D eigenvalue weighted by Gasteiger charge is 2.42. The van der Waals surface area contributed by atoms with E-state index in [1.54, 1.807) is 0 Å². The summed E-state index contributed by atoms with van der Waals surface area (Å²) in [6.07, 6.45) is 5.62. The summed E-state index contributed by atoms with van der Waals surface area (Å²) >= 11 is 0. The summed E-state index contributed by atoms with van der Waals surface area (Å²) in [6.45, 7) is 4.44. The summed E-state index contributed by atoms with van der Waals surface area (Å²) in [5.74, 6) is 0.0115. The van der Waals surface area contributed by atoms with Gasteiger partial charge in [0.2, 0.25) is 0 Å². The molecular formula is C20H30FIN4O2. The Morgan fingerprint density at radius 2 is 1.79 bits per heavy atom. The van der Waals surface area contributed by atoms with Crippen molar-refractivity contribution >= 4 is 35.6 Å². The second kappa shape index (κ2) is 9.58. The average Bonchev–Trinajstić information content (AvgIpc) is 3.09. The predicted octanol–water partition coefficient (Wildman–Crippen LogP) is 2.96. The monoisotopic (exact) mass is 504 g/mol. The number of rotatable bonds is 3. The fourth-order valence-electron chi connectivity index (χ4n) is 4.20. The van der Waals surface area contributed by atoms with Crippen molar-refractivity contribution in [1.82, 2.24) is 4.90 Å². The molecule has 0 amide bonds. The van der Waals surface area contributed by atoms with Crippen molar-refractivity contribution in [3.05, 3.63) is 30.1 Å². The van der Waals surface area contributed by atoms with Crippen LogP contribution in [-0.4, -0.2) is 62.1 Å². The Kier molecular flexibility index (Phi) is 7.38. The zero-order valence-electron chi connectivity index (χ0n) is 16.2. The van der Waals surface area contributed by atoms with Crippen molar-refractivity contribution in [2.45, 2.75) is 44.0 Å². The zero-order chi connectivity index (χ0) is 18.7. The molecule has 0 aromatic heterocycles. The molecule has 0 bridgehead atoms. The third-order valence-electron chi connectivity index (χ3n) is 5.78. The van der Waals surface area contributed by atoms with Crippen LogP contribution in [0.3, 0.4) is 0 Å². The quantitative estimate of drug-likeness (QED) is 0.390. The molecule has 1 unspecified atom stereocenters. The maximum Gasteiger partial charge on any atom is 0.191 e. The van der Waals surface area contributed by atoms with Crippen LogP contribution in [0.1, 0.15) is 32.1 Å². The minimum absolute atomic E-state index is 0. The van der Waals surface area contributed by atoms with Gasteiger partial charge in [0.25, 0.3) is 0 Å². The third-order valence-corrected chi connectivity index (χ3v) is 5.78. The fraction of sp³-hybridized carbons (Fsp3) is 0.650. The molecule has 1 aromatic rings. The number of benzene rings is 1. The molecule has 0 radical (unpaired) electrons. The van der Waals surface area contributed by atoms with Gasteiger partial charge in [-0.05, 0) is 37.1 Å². The van der Waals surface area contributed by atoms with E-state index in [-0.39, 0.29) is 41.7 Å². The van der Waals surface area contributed by atoms with Crippen molar-refractivity contribution in [3.8, 4) is 0 Å². The number of ether oxygens (including phenoxy) is 2. The van der Waals surface area contributed by atoms with Crippen LogP contribution >= 0.6 is 24.0 Å². The zero-order valence-corrected chi connectivity index (χ0v) is 18.5. The van der Waals surface area contributed by atoms with E-state index in [0.717, 1.165) is 44.7 Å². The van der Waals surface area contributed by atoms with Crippen LogP contribution in [0.25, 0.3) is 0 Å². The van der Waals surface area contributed by atoms with Gasteiger partial charge in [-0.25, -0.2) is 4.39 Å². The van der Waals surface area contributed by atoms with Crippen molar-refractivity contribution in [3.63, 3.8) is 0 Å². The molecule has 3 aliphatic rings. The lowest BCUT2D eigenvalue weighted by Crippen LogP contribution is -2.51. The largest absolute Gasteiger partial charge is 0.370 e. The highest BCUT2D eigenvalue weighted by Crippen LogP contribution is 2.37. The highest BCUT2D eigenvalue weighted by atomic mass is 127. The maximum atomic E-state index is 13.1. The normalized spacial score (nSPS) is 25.0. The second-order valence-corrected chi connectivity index (χ2v) is 7.67. The Bertz CT molecular complexity index is 659. The summed E-state index contributed by atoms with van der Waals surface area (Å²) in [4.78, 5) is 8.91. The van der Waals surface area contributed by atoms with Gasteiger partial charge in [-0.3, -0.25) is 4.99 Å². The number of piperazine rings is 1. The van der Waals surface area contributed by atoms with Crippen LogP contribution in [0.4, 0.5) is 10.1 Å². The molecule has 6 nitrogen and oxygen atoms in total. The molecular weight excluding hydrogens is 474 g/mol. The van der Waals surface area contributed by atoms with Crippen molar-refractivity contribution in [2.24, 2.45) is 10.7 Å². The Morgan fingerprint density at radius 1 is 1.11 bits per heavy atom. The molecule has 1 aromatic carbocycles. The van der Waals surface area contributed by atoms with Crippen LogP contribution < -0.4 is 10.6 Å². The van der Waals surface area contributed by atoms with Crippen molar-refractivity contribution in [1.29, 1.82) is 0 Å². The number of halogens is 2. The van der Waals surface area contributed by atoms with E-state index in [0.29, 0.717) is 19.1 Å². The molecule has 156 valence electrons. The molecule has 1 aliphatic carbocycles. The number of anilines is 1. The second-order valence-electron chi connectivity index (χ2n) is 7.67. The molecule has 3 fully saturated rings. The van der Waals surface area contributed by atoms with E-state index in [1.807, 2.05) is 12.1 Å². The molecule has 2 saturated heterocycles. The van der Waals surface area contributed by atoms with Gasteiger partial charge in [0, 0.05) is 44.7 Å². The molecule has 1 saturated carbocycles. The minimum atomic E-state index is -0.353. The Balaban J connectivity index is 0.00000225. The first-order chi connectivity index (χ1) is 13.1. The smallest absolute Gasteiger partial charge is 0.191 e. The maximum absolute atomic E-state index is 13.1. The predicted molar refractivity (Wildman–Crippen MR) is 119 cm³/mol. The van der Waals surface area contributed by atoms with Crippen molar-refractivity contribution < 1.29 is 13.9 Å². The molecule has 1 spiro atoms. The minimum Gasteiger partial charge on any atom is -0.370 e. The first-order valence-corrected chi connectivity index (χ1v) is 10.0. The number of nitrogens with zero attached hydrogens (tertiary/aromatic N) is 3. The topological polar surface area (TPSA) is 63.3 Å². The number of hydrogen-bond acceptors (Lipinski definition) is 4. The Morgan fingerprint density at radius 3 is 2.46 bits per heavy atom. The number of guanidine groups is 1. The van der Waals surface area contributed by atoms with Gasteiger partial charge in [-0.2, -0.15) is 0 Å². The molecule has 4 rings (SSSR count). The fourth-order valence-corrected chi connectivity index (χ4v) is 4.20. The van der Waals surface area contributed by atoms with E-state index in [4.69, 9.17) is 15.2 Å². The lowest BCUT2D eigenvalue weighted by molar-refractivity contribution is -0.186. The van der Waals surface area contributed by atoms with Crippen LogP contribution in [0.15, 0.2) is 29.3 Å². The van der Waals surface area contributed by atoms with E-state index in [2.05, 4.69) is 14.8 Å². The number of hydrogen-bond donors (Lipinski definition) is 1. The van der Waals surface area contributed by atoms with Crippen LogP contribution in [0.2, 0.25) is 0 Å². The van der Waals surface area contributed by atoms with Gasteiger partial charge in [-0.15, -0.1) is 24.0 Å². The summed E-state index contributed by atoms with van der Waals surface area (Å²) in [5, 5.41) is 0. The standard InChI is InChI=1S/C20H29FN4O2.HI/c21-16-4-6-17(7-5-16)24-10-12-25(13-11-24)19(22)23-14-18-15-26-20(27-18)8-2-1-3-9-20;/h4-7,18H,1-3,8-15H2,(H2,22,23);1H. The first kappa shape index (κ1) is 21.6. The molecule has 2 N–H and O–H groups in total. The number of aliphatic imine (C=N–C) groups is 1. The van der Waals surface area contributed by atoms with E-state index >= 15 is 0 Å². The van der Waals surface area contributed by atoms with E-state index in [9.17, 15) is 4.39 Å². The van der Waals surface area contributed by atoms with Crippen LogP contribution in [0.5, 0.6) is 0 Å². The molecule has 8 heteroatoms. The van der Waals surface area contributed by atoms with Gasteiger partial charge < -0.3 is 25.0 Å². The summed E-state index contributed by atoms with van der Waals surface area (Å²) < 4.78 is 25.2. The van der Waals surface area contributed by atoms with Crippen molar-refractivity contribution in [2.75, 3.05) is 44.2 Å². The highest BCUT2D eigenvalue weighted by molar-refractivity contribution is 14.0. The lowest BCUT2D eigenvalue weighted by atomic mass is 9.94. The first-order valence-electron chi connectivity index (χ1n) is 10.0. The molecule has 1 atom stereocenters. The molecule has 28 heavy (non-hydrogen) atoms. The van der Waals surface area contributed by atoms with E-state index in [1.165, 1.54) is 31.4 Å². The van der Waals surface area contributed by atoms with Gasteiger partial charge in [-0.1, -0.05) is 6.42 Å². The Labute approximate surface area is 183 Å². The number of nitrogens with two attached hydrogens (primary N) is 1.